The third-order valence-corrected chi connectivity index (χ3v) is 5.07. The van der Waals surface area contributed by atoms with Crippen LogP contribution in [0.2, 0.25) is 0 Å². The summed E-state index contributed by atoms with van der Waals surface area (Å²) in [7, 11) is 0. The van der Waals surface area contributed by atoms with Crippen molar-refractivity contribution in [1.29, 1.82) is 0 Å². The van der Waals surface area contributed by atoms with Gasteiger partial charge in [0.1, 0.15) is 0 Å². The van der Waals surface area contributed by atoms with Crippen LogP contribution in [-0.2, 0) is 25.6 Å². The summed E-state index contributed by atoms with van der Waals surface area (Å²) in [6.07, 6.45) is 2.62. The molecule has 2 fully saturated rings. The lowest BCUT2D eigenvalue weighted by molar-refractivity contribution is -0.340. The highest BCUT2D eigenvalue weighted by Gasteiger charge is 2.48. The van der Waals surface area contributed by atoms with Gasteiger partial charge in [-0.1, -0.05) is 36.4 Å². The van der Waals surface area contributed by atoms with Crippen LogP contribution in [0.3, 0.4) is 0 Å². The lowest BCUT2D eigenvalue weighted by atomic mass is 9.88. The summed E-state index contributed by atoms with van der Waals surface area (Å²) >= 11 is 0. The van der Waals surface area contributed by atoms with Gasteiger partial charge in [0.2, 0.25) is 0 Å². The minimum Gasteiger partial charge on any atom is -0.481 e. The van der Waals surface area contributed by atoms with Crippen LogP contribution in [0.15, 0.2) is 43.0 Å². The van der Waals surface area contributed by atoms with Crippen molar-refractivity contribution in [1.82, 2.24) is 0 Å². The van der Waals surface area contributed by atoms with E-state index in [-0.39, 0.29) is 18.6 Å². The zero-order valence-corrected chi connectivity index (χ0v) is 15.5. The first kappa shape index (κ1) is 20.0. The molecule has 0 amide bonds. The van der Waals surface area contributed by atoms with Gasteiger partial charge >= 0.3 is 5.97 Å². The first-order chi connectivity index (χ1) is 13.0. The summed E-state index contributed by atoms with van der Waals surface area (Å²) in [6.45, 7) is 4.19. The first-order valence-corrected chi connectivity index (χ1v) is 9.50. The van der Waals surface area contributed by atoms with Crippen LogP contribution in [0.25, 0.3) is 0 Å². The van der Waals surface area contributed by atoms with E-state index in [1.807, 2.05) is 30.3 Å². The number of benzene rings is 1. The van der Waals surface area contributed by atoms with Crippen LogP contribution in [0.5, 0.6) is 0 Å². The Morgan fingerprint density at radius 3 is 2.67 bits per heavy atom. The number of ether oxygens (including phenoxy) is 3. The van der Waals surface area contributed by atoms with Crippen LogP contribution in [0, 0.1) is 0 Å². The molecular formula is C21H28O6. The molecule has 2 N–H and O–H groups in total. The van der Waals surface area contributed by atoms with E-state index in [0.717, 1.165) is 5.56 Å². The van der Waals surface area contributed by atoms with Gasteiger partial charge in [0.15, 0.2) is 5.79 Å². The average molecular weight is 376 g/mol. The highest BCUT2D eigenvalue weighted by molar-refractivity contribution is 5.67. The van der Waals surface area contributed by atoms with Gasteiger partial charge in [-0.2, -0.15) is 0 Å². The maximum atomic E-state index is 11.2. The average Bonchev–Trinajstić information content (AvgIpc) is 2.59. The molecule has 1 aromatic carbocycles. The Morgan fingerprint density at radius 1 is 1.22 bits per heavy atom. The van der Waals surface area contributed by atoms with Crippen molar-refractivity contribution >= 4 is 5.97 Å². The monoisotopic (exact) mass is 376 g/mol. The molecule has 0 saturated carbocycles. The Hall–Kier alpha value is -1.73. The van der Waals surface area contributed by atoms with Gasteiger partial charge in [-0.15, -0.1) is 6.58 Å². The zero-order chi connectivity index (χ0) is 19.3. The summed E-state index contributed by atoms with van der Waals surface area (Å²) in [5.74, 6) is -1.93. The van der Waals surface area contributed by atoms with E-state index in [9.17, 15) is 15.0 Å². The summed E-state index contributed by atoms with van der Waals surface area (Å²) in [6, 6.07) is 9.85. The second kappa shape index (κ2) is 8.97. The summed E-state index contributed by atoms with van der Waals surface area (Å²) < 4.78 is 18.4. The molecule has 2 saturated heterocycles. The van der Waals surface area contributed by atoms with E-state index in [0.29, 0.717) is 38.7 Å². The van der Waals surface area contributed by atoms with E-state index < -0.39 is 24.0 Å². The van der Waals surface area contributed by atoms with E-state index in [4.69, 9.17) is 14.2 Å². The number of aliphatic hydroxyl groups excluding tert-OH is 1. The smallest absolute Gasteiger partial charge is 0.305 e. The van der Waals surface area contributed by atoms with E-state index in [1.165, 1.54) is 0 Å². The van der Waals surface area contributed by atoms with Crippen molar-refractivity contribution in [3.05, 3.63) is 48.6 Å². The lowest BCUT2D eigenvalue weighted by Gasteiger charge is -2.49. The Morgan fingerprint density at radius 2 is 1.96 bits per heavy atom. The maximum Gasteiger partial charge on any atom is 0.305 e. The number of carboxylic acid groups (broad SMARTS) is 1. The number of hydrogen-bond donors (Lipinski definition) is 2. The van der Waals surface area contributed by atoms with Crippen molar-refractivity contribution in [3.63, 3.8) is 0 Å². The molecular weight excluding hydrogens is 348 g/mol. The van der Waals surface area contributed by atoms with Crippen LogP contribution in [0.1, 0.15) is 44.1 Å². The molecule has 6 heteroatoms. The van der Waals surface area contributed by atoms with Crippen molar-refractivity contribution in [2.75, 3.05) is 0 Å². The Labute approximate surface area is 159 Å². The van der Waals surface area contributed by atoms with E-state index >= 15 is 0 Å². The first-order valence-electron chi connectivity index (χ1n) is 9.50. The molecule has 2 aliphatic heterocycles. The Bertz CT molecular complexity index is 633. The van der Waals surface area contributed by atoms with E-state index in [1.54, 1.807) is 6.08 Å². The fraction of sp³-hybridized carbons (Fsp3) is 0.571. The third-order valence-electron chi connectivity index (χ3n) is 5.07. The molecule has 0 unspecified atom stereocenters. The van der Waals surface area contributed by atoms with Gasteiger partial charge in [0, 0.05) is 25.7 Å². The van der Waals surface area contributed by atoms with Gasteiger partial charge in [-0.05, 0) is 12.0 Å². The Balaban J connectivity index is 1.72. The number of aliphatic hydroxyl groups is 1. The summed E-state index contributed by atoms with van der Waals surface area (Å²) in [5, 5.41) is 19.5. The molecule has 0 bridgehead atoms. The van der Waals surface area contributed by atoms with Gasteiger partial charge < -0.3 is 24.4 Å². The number of carbonyl (C=O) groups is 1. The minimum absolute atomic E-state index is 0.113. The second-order valence-electron chi connectivity index (χ2n) is 7.46. The molecule has 0 aliphatic carbocycles. The zero-order valence-electron chi connectivity index (χ0n) is 15.5. The molecule has 2 heterocycles. The van der Waals surface area contributed by atoms with Crippen molar-refractivity contribution in [3.8, 4) is 0 Å². The van der Waals surface area contributed by atoms with Gasteiger partial charge in [0.25, 0.3) is 0 Å². The third kappa shape index (κ3) is 5.62. The normalized spacial score (nSPS) is 33.7. The minimum atomic E-state index is -1.01. The molecule has 3 rings (SSSR count). The van der Waals surface area contributed by atoms with Gasteiger partial charge in [0.05, 0.1) is 37.4 Å². The second-order valence-corrected chi connectivity index (χ2v) is 7.46. The number of rotatable bonds is 7. The summed E-state index contributed by atoms with van der Waals surface area (Å²) in [4.78, 5) is 11.2. The molecule has 2 aliphatic rings. The quantitative estimate of drug-likeness (QED) is 0.712. The molecule has 0 radical (unpaired) electrons. The standard InChI is InChI=1S/C21H28O6/c1-2-6-17-9-16(22)12-21(26-17)13-19(10-18(27-21)11-20(23)24)25-14-15-7-4-3-5-8-15/h2-5,7-8,16-19,22H,1,6,9-14H2,(H,23,24)/t16-,17+,18-,19-,21-/m1/s1. The van der Waals surface area contributed by atoms with E-state index in [2.05, 4.69) is 6.58 Å². The molecule has 27 heavy (non-hydrogen) atoms. The molecule has 0 aromatic heterocycles. The van der Waals surface area contributed by atoms with Crippen LogP contribution in [0.4, 0.5) is 0 Å². The maximum absolute atomic E-state index is 11.2. The molecule has 1 aromatic rings. The summed E-state index contributed by atoms with van der Waals surface area (Å²) in [5.41, 5.74) is 1.06. The van der Waals surface area contributed by atoms with Gasteiger partial charge in [-0.3, -0.25) is 4.79 Å². The number of aliphatic carboxylic acids is 1. The van der Waals surface area contributed by atoms with Crippen LogP contribution >= 0.6 is 0 Å². The number of carboxylic acids is 1. The molecule has 148 valence electrons. The Kier molecular flexibility index (Phi) is 6.65. The lowest BCUT2D eigenvalue weighted by Crippen LogP contribution is -2.55. The molecule has 1 spiro atoms. The van der Waals surface area contributed by atoms with Crippen molar-refractivity contribution in [2.45, 2.75) is 75.3 Å². The van der Waals surface area contributed by atoms with Crippen LogP contribution in [-0.4, -0.2) is 46.4 Å². The van der Waals surface area contributed by atoms with Crippen LogP contribution < -0.4 is 0 Å². The van der Waals surface area contributed by atoms with Gasteiger partial charge in [-0.25, -0.2) is 0 Å². The van der Waals surface area contributed by atoms with Crippen molar-refractivity contribution < 1.29 is 29.2 Å². The fourth-order valence-electron chi connectivity index (χ4n) is 4.04. The predicted molar refractivity (Wildman–Crippen MR) is 99.0 cm³/mol. The predicted octanol–water partition coefficient (Wildman–Crippen LogP) is 3.04. The topological polar surface area (TPSA) is 85.2 Å². The molecule has 5 atom stereocenters. The SMILES string of the molecule is C=CC[C@H]1C[C@@H](O)C[C@@]2(C[C@H](OCc3ccccc3)C[C@H](CC(=O)O)O2)O1. The molecule has 6 nitrogen and oxygen atoms in total. The number of hydrogen-bond acceptors (Lipinski definition) is 5. The largest absolute Gasteiger partial charge is 0.481 e. The highest BCUT2D eigenvalue weighted by atomic mass is 16.7. The van der Waals surface area contributed by atoms with Crippen molar-refractivity contribution in [2.24, 2.45) is 0 Å². The highest BCUT2D eigenvalue weighted by Crippen LogP contribution is 2.41. The fourth-order valence-corrected chi connectivity index (χ4v) is 4.04.